The lowest BCUT2D eigenvalue weighted by molar-refractivity contribution is 0.0522. The van der Waals surface area contributed by atoms with E-state index in [1.807, 2.05) is 6.92 Å². The van der Waals surface area contributed by atoms with Gasteiger partial charge in [-0.2, -0.15) is 8.42 Å². The number of rotatable bonds is 8. The molecule has 1 saturated heterocycles. The second-order valence-corrected chi connectivity index (χ2v) is 8.87. The van der Waals surface area contributed by atoms with Crippen LogP contribution in [0.5, 0.6) is 5.75 Å². The SMILES string of the molecule is CCOC(=O)c1cc(N2CCCC2)cc(CCOS(=O)(=O)c2ccc(C)cc2)c1O. The van der Waals surface area contributed by atoms with Crippen molar-refractivity contribution in [2.45, 2.75) is 38.0 Å². The Balaban J connectivity index is 1.80. The van der Waals surface area contributed by atoms with Gasteiger partial charge in [-0.05, 0) is 56.5 Å². The van der Waals surface area contributed by atoms with Crippen molar-refractivity contribution < 1.29 is 27.2 Å². The topological polar surface area (TPSA) is 93.1 Å². The summed E-state index contributed by atoms with van der Waals surface area (Å²) in [5.41, 5.74) is 2.29. The molecule has 0 aromatic heterocycles. The fourth-order valence-corrected chi connectivity index (χ4v) is 4.33. The van der Waals surface area contributed by atoms with Crippen molar-refractivity contribution in [3.05, 3.63) is 53.1 Å². The summed E-state index contributed by atoms with van der Waals surface area (Å²) < 4.78 is 35.0. The molecule has 0 radical (unpaired) electrons. The Kier molecular flexibility index (Phi) is 6.99. The van der Waals surface area contributed by atoms with Crippen LogP contribution in [-0.2, 0) is 25.5 Å². The molecule has 1 heterocycles. The summed E-state index contributed by atoms with van der Waals surface area (Å²) in [6.07, 6.45) is 2.25. The van der Waals surface area contributed by atoms with Crippen molar-refractivity contribution in [3.8, 4) is 5.75 Å². The molecule has 1 fully saturated rings. The standard InChI is InChI=1S/C22H27NO6S/c1-3-28-22(25)20-15-18(23-11-4-5-12-23)14-17(21(20)24)10-13-29-30(26,27)19-8-6-16(2)7-9-19/h6-9,14-15,24H,3-5,10-13H2,1-2H3. The molecule has 0 spiro atoms. The molecule has 0 saturated carbocycles. The van der Waals surface area contributed by atoms with Gasteiger partial charge in [-0.25, -0.2) is 4.79 Å². The van der Waals surface area contributed by atoms with Crippen LogP contribution in [0.4, 0.5) is 5.69 Å². The number of aromatic hydroxyl groups is 1. The van der Waals surface area contributed by atoms with Crippen molar-refractivity contribution in [2.75, 3.05) is 31.2 Å². The molecule has 30 heavy (non-hydrogen) atoms. The van der Waals surface area contributed by atoms with Crippen molar-refractivity contribution in [2.24, 2.45) is 0 Å². The predicted molar refractivity (Wildman–Crippen MR) is 114 cm³/mol. The minimum atomic E-state index is -3.90. The van der Waals surface area contributed by atoms with E-state index in [9.17, 15) is 18.3 Å². The number of anilines is 1. The first-order valence-electron chi connectivity index (χ1n) is 10.1. The Bertz CT molecular complexity index is 995. The Morgan fingerprint density at radius 3 is 2.43 bits per heavy atom. The van der Waals surface area contributed by atoms with E-state index >= 15 is 0 Å². The van der Waals surface area contributed by atoms with E-state index in [4.69, 9.17) is 8.92 Å². The number of hydrogen-bond donors (Lipinski definition) is 1. The quantitative estimate of drug-likeness (QED) is 0.504. The number of hydrogen-bond acceptors (Lipinski definition) is 7. The smallest absolute Gasteiger partial charge is 0.341 e. The molecule has 2 aromatic rings. The maximum absolute atomic E-state index is 12.4. The van der Waals surface area contributed by atoms with E-state index in [0.29, 0.717) is 5.56 Å². The van der Waals surface area contributed by atoms with Crippen LogP contribution in [-0.4, -0.2) is 45.8 Å². The summed E-state index contributed by atoms with van der Waals surface area (Å²) >= 11 is 0. The summed E-state index contributed by atoms with van der Waals surface area (Å²) in [6, 6.07) is 9.81. The van der Waals surface area contributed by atoms with Crippen molar-refractivity contribution in [1.82, 2.24) is 0 Å². The molecular formula is C22H27NO6S. The maximum Gasteiger partial charge on any atom is 0.341 e. The lowest BCUT2D eigenvalue weighted by Crippen LogP contribution is -2.19. The van der Waals surface area contributed by atoms with Crippen LogP contribution in [0, 0.1) is 6.92 Å². The summed E-state index contributed by atoms with van der Waals surface area (Å²) in [5, 5.41) is 10.6. The van der Waals surface area contributed by atoms with Gasteiger partial charge in [0.25, 0.3) is 10.1 Å². The zero-order chi connectivity index (χ0) is 21.7. The van der Waals surface area contributed by atoms with Gasteiger partial charge in [0.15, 0.2) is 0 Å². The number of nitrogens with zero attached hydrogens (tertiary/aromatic N) is 1. The first-order valence-corrected chi connectivity index (χ1v) is 11.5. The lowest BCUT2D eigenvalue weighted by atomic mass is 10.0. The highest BCUT2D eigenvalue weighted by Gasteiger charge is 2.22. The van der Waals surface area contributed by atoms with Crippen LogP contribution >= 0.6 is 0 Å². The fraction of sp³-hybridized carbons (Fsp3) is 0.409. The second kappa shape index (κ2) is 9.49. The summed E-state index contributed by atoms with van der Waals surface area (Å²) in [7, 11) is -3.90. The predicted octanol–water partition coefficient (Wildman–Crippen LogP) is 3.43. The van der Waals surface area contributed by atoms with E-state index in [-0.39, 0.29) is 35.8 Å². The number of ether oxygens (including phenoxy) is 1. The molecule has 8 heteroatoms. The van der Waals surface area contributed by atoms with E-state index < -0.39 is 16.1 Å². The van der Waals surface area contributed by atoms with Crippen LogP contribution in [0.1, 0.15) is 41.3 Å². The Hall–Kier alpha value is -2.58. The summed E-state index contributed by atoms with van der Waals surface area (Å²) in [5.74, 6) is -0.807. The molecule has 1 aliphatic rings. The molecule has 1 N–H and O–H groups in total. The van der Waals surface area contributed by atoms with Crippen LogP contribution in [0.15, 0.2) is 41.3 Å². The van der Waals surface area contributed by atoms with Crippen molar-refractivity contribution in [3.63, 3.8) is 0 Å². The largest absolute Gasteiger partial charge is 0.507 e. The second-order valence-electron chi connectivity index (χ2n) is 7.25. The molecule has 0 unspecified atom stereocenters. The molecule has 0 amide bonds. The average Bonchev–Trinajstić information content (AvgIpc) is 3.24. The van der Waals surface area contributed by atoms with Gasteiger partial charge in [-0.15, -0.1) is 0 Å². The monoisotopic (exact) mass is 433 g/mol. The van der Waals surface area contributed by atoms with Crippen molar-refractivity contribution >= 4 is 21.8 Å². The number of aryl methyl sites for hydroxylation is 1. The van der Waals surface area contributed by atoms with Crippen LogP contribution in [0.25, 0.3) is 0 Å². The van der Waals surface area contributed by atoms with Crippen LogP contribution < -0.4 is 4.90 Å². The van der Waals surface area contributed by atoms with Gasteiger partial charge < -0.3 is 14.7 Å². The lowest BCUT2D eigenvalue weighted by Gasteiger charge is -2.21. The maximum atomic E-state index is 12.4. The van der Waals surface area contributed by atoms with Crippen LogP contribution in [0.3, 0.4) is 0 Å². The van der Waals surface area contributed by atoms with Gasteiger partial charge in [-0.3, -0.25) is 4.18 Å². The first-order chi connectivity index (χ1) is 14.3. The molecule has 1 aliphatic heterocycles. The minimum Gasteiger partial charge on any atom is -0.507 e. The third-order valence-corrected chi connectivity index (χ3v) is 6.39. The van der Waals surface area contributed by atoms with Gasteiger partial charge in [-0.1, -0.05) is 17.7 Å². The Morgan fingerprint density at radius 1 is 1.13 bits per heavy atom. The van der Waals surface area contributed by atoms with Gasteiger partial charge in [0.1, 0.15) is 11.3 Å². The average molecular weight is 434 g/mol. The minimum absolute atomic E-state index is 0.0790. The van der Waals surface area contributed by atoms with E-state index in [2.05, 4.69) is 4.90 Å². The highest BCUT2D eigenvalue weighted by molar-refractivity contribution is 7.86. The zero-order valence-corrected chi connectivity index (χ0v) is 18.1. The van der Waals surface area contributed by atoms with Crippen LogP contribution in [0.2, 0.25) is 0 Å². The number of benzene rings is 2. The fourth-order valence-electron chi connectivity index (χ4n) is 3.42. The highest BCUT2D eigenvalue weighted by atomic mass is 32.2. The molecule has 0 aliphatic carbocycles. The van der Waals surface area contributed by atoms with Gasteiger partial charge in [0.05, 0.1) is 18.1 Å². The molecule has 0 bridgehead atoms. The molecule has 162 valence electrons. The number of phenolic OH excluding ortho intramolecular Hbond substituents is 1. The molecular weight excluding hydrogens is 406 g/mol. The van der Waals surface area contributed by atoms with E-state index in [1.165, 1.54) is 12.1 Å². The van der Waals surface area contributed by atoms with Gasteiger partial charge in [0, 0.05) is 25.2 Å². The normalized spacial score (nSPS) is 14.1. The Morgan fingerprint density at radius 2 is 1.80 bits per heavy atom. The summed E-state index contributed by atoms with van der Waals surface area (Å²) in [4.78, 5) is 14.5. The molecule has 2 aromatic carbocycles. The number of carbonyl (C=O) groups excluding carboxylic acids is 1. The van der Waals surface area contributed by atoms with E-state index in [1.54, 1.807) is 31.2 Å². The van der Waals surface area contributed by atoms with Crippen molar-refractivity contribution in [1.29, 1.82) is 0 Å². The third kappa shape index (κ3) is 5.12. The van der Waals surface area contributed by atoms with Gasteiger partial charge in [0.2, 0.25) is 0 Å². The van der Waals surface area contributed by atoms with Gasteiger partial charge >= 0.3 is 5.97 Å². The number of carbonyl (C=O) groups is 1. The molecule has 0 atom stereocenters. The zero-order valence-electron chi connectivity index (χ0n) is 17.3. The number of phenols is 1. The first kappa shape index (κ1) is 22.1. The highest BCUT2D eigenvalue weighted by Crippen LogP contribution is 2.32. The molecule has 3 rings (SSSR count). The summed E-state index contributed by atoms with van der Waals surface area (Å²) in [6.45, 7) is 5.34. The molecule has 7 nitrogen and oxygen atoms in total. The Labute approximate surface area is 177 Å². The van der Waals surface area contributed by atoms with E-state index in [0.717, 1.165) is 37.2 Å². The number of esters is 1. The third-order valence-electron chi connectivity index (χ3n) is 5.06.